The largest absolute Gasteiger partial charge is 0.497 e. The minimum absolute atomic E-state index is 0. The normalized spacial score (nSPS) is 12.3. The Morgan fingerprint density at radius 2 is 1.88 bits per heavy atom. The highest BCUT2D eigenvalue weighted by Crippen LogP contribution is 2.19. The molecule has 0 amide bonds. The van der Waals surface area contributed by atoms with Crippen molar-refractivity contribution in [3.05, 3.63) is 24.3 Å². The highest BCUT2D eigenvalue weighted by molar-refractivity contribution is 14.0. The molecule has 0 saturated carbocycles. The number of benzene rings is 1. The maximum absolute atomic E-state index is 5.90. The van der Waals surface area contributed by atoms with Crippen molar-refractivity contribution in [1.82, 2.24) is 15.5 Å². The van der Waals surface area contributed by atoms with Crippen molar-refractivity contribution in [3.8, 4) is 11.5 Å². The molecule has 1 aromatic carbocycles. The summed E-state index contributed by atoms with van der Waals surface area (Å²) in [6.45, 7) is 11.0. The van der Waals surface area contributed by atoms with Gasteiger partial charge in [0.15, 0.2) is 5.96 Å². The van der Waals surface area contributed by atoms with Crippen LogP contribution in [0.1, 0.15) is 20.8 Å². The zero-order chi connectivity index (χ0) is 17.8. The van der Waals surface area contributed by atoms with Crippen molar-refractivity contribution in [2.24, 2.45) is 4.99 Å². The highest BCUT2D eigenvalue weighted by atomic mass is 127. The van der Waals surface area contributed by atoms with Crippen LogP contribution in [-0.2, 0) is 0 Å². The lowest BCUT2D eigenvalue weighted by Gasteiger charge is -2.20. The van der Waals surface area contributed by atoms with Gasteiger partial charge < -0.3 is 25.0 Å². The van der Waals surface area contributed by atoms with Gasteiger partial charge >= 0.3 is 0 Å². The zero-order valence-corrected chi connectivity index (χ0v) is 18.4. The predicted octanol–water partition coefficient (Wildman–Crippen LogP) is 2.59. The number of halogens is 1. The molecule has 0 aliphatic rings. The first-order valence-electron chi connectivity index (χ1n) is 8.60. The Balaban J connectivity index is 0.00000576. The summed E-state index contributed by atoms with van der Waals surface area (Å²) in [5.41, 5.74) is 0. The number of guanidine groups is 1. The van der Waals surface area contributed by atoms with Gasteiger partial charge in [-0.2, -0.15) is 0 Å². The van der Waals surface area contributed by atoms with E-state index in [0.717, 1.165) is 43.6 Å². The fourth-order valence-corrected chi connectivity index (χ4v) is 2.28. The van der Waals surface area contributed by atoms with E-state index in [9.17, 15) is 0 Å². The van der Waals surface area contributed by atoms with Gasteiger partial charge in [-0.15, -0.1) is 24.0 Å². The fourth-order valence-electron chi connectivity index (χ4n) is 2.28. The van der Waals surface area contributed by atoms with Gasteiger partial charge in [0.2, 0.25) is 0 Å². The van der Waals surface area contributed by atoms with Crippen LogP contribution in [0.5, 0.6) is 11.5 Å². The SMILES string of the molecule is CCN(CC)CCNC(=NC)NCC(C)Oc1cccc(OC)c1.I. The summed E-state index contributed by atoms with van der Waals surface area (Å²) in [7, 11) is 3.43. The molecule has 0 aliphatic carbocycles. The van der Waals surface area contributed by atoms with Crippen molar-refractivity contribution in [2.45, 2.75) is 26.9 Å². The summed E-state index contributed by atoms with van der Waals surface area (Å²) in [6.07, 6.45) is 0.0124. The van der Waals surface area contributed by atoms with Crippen LogP contribution in [0.2, 0.25) is 0 Å². The Morgan fingerprint density at radius 1 is 1.20 bits per heavy atom. The minimum atomic E-state index is 0. The standard InChI is InChI=1S/C18H32N4O2.HI/c1-6-22(7-2)12-11-20-18(19-4)21-14-15(3)24-17-10-8-9-16(13-17)23-5;/h8-10,13,15H,6-7,11-12,14H2,1-5H3,(H2,19,20,21);1H. The van der Waals surface area contributed by atoms with E-state index in [1.165, 1.54) is 0 Å². The van der Waals surface area contributed by atoms with Crippen LogP contribution < -0.4 is 20.1 Å². The number of hydrogen-bond donors (Lipinski definition) is 2. The van der Waals surface area contributed by atoms with Crippen LogP contribution in [0.25, 0.3) is 0 Å². The molecule has 0 aliphatic heterocycles. The summed E-state index contributed by atoms with van der Waals surface area (Å²) >= 11 is 0. The number of nitrogens with one attached hydrogen (secondary N) is 2. The summed E-state index contributed by atoms with van der Waals surface area (Å²) < 4.78 is 11.1. The molecular weight excluding hydrogens is 431 g/mol. The van der Waals surface area contributed by atoms with E-state index in [1.54, 1.807) is 14.2 Å². The van der Waals surface area contributed by atoms with E-state index in [2.05, 4.69) is 34.4 Å². The van der Waals surface area contributed by atoms with Crippen molar-refractivity contribution < 1.29 is 9.47 Å². The molecule has 0 radical (unpaired) electrons. The molecule has 0 heterocycles. The van der Waals surface area contributed by atoms with Gasteiger partial charge in [0.05, 0.1) is 13.7 Å². The number of ether oxygens (including phenoxy) is 2. The molecule has 0 fully saturated rings. The van der Waals surface area contributed by atoms with Gasteiger partial charge in [-0.1, -0.05) is 19.9 Å². The van der Waals surface area contributed by atoms with Crippen LogP contribution in [-0.4, -0.2) is 63.8 Å². The molecule has 0 spiro atoms. The molecule has 1 atom stereocenters. The first-order chi connectivity index (χ1) is 11.6. The maximum Gasteiger partial charge on any atom is 0.191 e. The van der Waals surface area contributed by atoms with Gasteiger partial charge in [0, 0.05) is 26.2 Å². The predicted molar refractivity (Wildman–Crippen MR) is 116 cm³/mol. The average Bonchev–Trinajstić information content (AvgIpc) is 2.61. The number of likely N-dealkylation sites (N-methyl/N-ethyl adjacent to an activating group) is 1. The molecule has 0 bridgehead atoms. The van der Waals surface area contributed by atoms with E-state index in [1.807, 2.05) is 31.2 Å². The third kappa shape index (κ3) is 9.74. The van der Waals surface area contributed by atoms with E-state index >= 15 is 0 Å². The lowest BCUT2D eigenvalue weighted by atomic mass is 10.3. The first-order valence-corrected chi connectivity index (χ1v) is 8.60. The summed E-state index contributed by atoms with van der Waals surface area (Å²) in [4.78, 5) is 6.61. The Labute approximate surface area is 169 Å². The summed E-state index contributed by atoms with van der Waals surface area (Å²) in [5, 5.41) is 6.62. The molecule has 2 N–H and O–H groups in total. The lowest BCUT2D eigenvalue weighted by molar-refractivity contribution is 0.223. The second kappa shape index (κ2) is 14.0. The molecule has 0 aromatic heterocycles. The Bertz CT molecular complexity index is 496. The molecule has 7 heteroatoms. The summed E-state index contributed by atoms with van der Waals surface area (Å²) in [5.74, 6) is 2.39. The third-order valence-corrected chi connectivity index (χ3v) is 3.77. The van der Waals surface area contributed by atoms with Crippen LogP contribution in [0.15, 0.2) is 29.3 Å². The van der Waals surface area contributed by atoms with Crippen molar-refractivity contribution in [2.75, 3.05) is 46.9 Å². The Morgan fingerprint density at radius 3 is 2.48 bits per heavy atom. The minimum Gasteiger partial charge on any atom is -0.497 e. The topological polar surface area (TPSA) is 58.1 Å². The van der Waals surface area contributed by atoms with E-state index in [-0.39, 0.29) is 30.1 Å². The van der Waals surface area contributed by atoms with Crippen molar-refractivity contribution in [3.63, 3.8) is 0 Å². The molecular formula is C18H33IN4O2. The van der Waals surface area contributed by atoms with E-state index in [4.69, 9.17) is 9.47 Å². The van der Waals surface area contributed by atoms with Gasteiger partial charge in [-0.05, 0) is 32.1 Å². The number of hydrogen-bond acceptors (Lipinski definition) is 4. The van der Waals surface area contributed by atoms with Crippen molar-refractivity contribution in [1.29, 1.82) is 0 Å². The first kappa shape index (κ1) is 23.8. The molecule has 1 rings (SSSR count). The average molecular weight is 464 g/mol. The smallest absolute Gasteiger partial charge is 0.191 e. The van der Waals surface area contributed by atoms with Crippen LogP contribution in [0.3, 0.4) is 0 Å². The van der Waals surface area contributed by atoms with Gasteiger partial charge in [0.1, 0.15) is 17.6 Å². The molecule has 1 aromatic rings. The lowest BCUT2D eigenvalue weighted by Crippen LogP contribution is -2.44. The quantitative estimate of drug-likeness (QED) is 0.317. The second-order valence-electron chi connectivity index (χ2n) is 5.51. The number of nitrogens with zero attached hydrogens (tertiary/aromatic N) is 2. The number of rotatable bonds is 10. The van der Waals surface area contributed by atoms with Crippen molar-refractivity contribution >= 4 is 29.9 Å². The van der Waals surface area contributed by atoms with E-state index in [0.29, 0.717) is 6.54 Å². The monoisotopic (exact) mass is 464 g/mol. The molecule has 0 saturated heterocycles. The zero-order valence-electron chi connectivity index (χ0n) is 16.0. The van der Waals surface area contributed by atoms with Gasteiger partial charge in [-0.3, -0.25) is 4.99 Å². The molecule has 1 unspecified atom stereocenters. The third-order valence-electron chi connectivity index (χ3n) is 3.77. The number of aliphatic imine (C=N–C) groups is 1. The van der Waals surface area contributed by atoms with E-state index < -0.39 is 0 Å². The Hall–Kier alpha value is -1.22. The van der Waals surface area contributed by atoms with Gasteiger partial charge in [0.25, 0.3) is 0 Å². The Kier molecular flexibility index (Phi) is 13.3. The summed E-state index contributed by atoms with van der Waals surface area (Å²) in [6, 6.07) is 7.63. The molecule has 144 valence electrons. The molecule has 25 heavy (non-hydrogen) atoms. The maximum atomic E-state index is 5.90. The second-order valence-corrected chi connectivity index (χ2v) is 5.51. The van der Waals surface area contributed by atoms with Crippen LogP contribution in [0, 0.1) is 0 Å². The number of methoxy groups -OCH3 is 1. The fraction of sp³-hybridized carbons (Fsp3) is 0.611. The van der Waals surface area contributed by atoms with Crippen LogP contribution >= 0.6 is 24.0 Å². The molecule has 6 nitrogen and oxygen atoms in total. The van der Waals surface area contributed by atoms with Gasteiger partial charge in [-0.25, -0.2) is 0 Å². The highest BCUT2D eigenvalue weighted by Gasteiger charge is 2.07. The van der Waals surface area contributed by atoms with Crippen LogP contribution in [0.4, 0.5) is 0 Å².